The van der Waals surface area contributed by atoms with Gasteiger partial charge in [0.25, 0.3) is 0 Å². The first-order valence-electron chi connectivity index (χ1n) is 12.0. The van der Waals surface area contributed by atoms with Crippen molar-refractivity contribution >= 4 is 37.9 Å². The zero-order valence-corrected chi connectivity index (χ0v) is 23.0. The van der Waals surface area contributed by atoms with Crippen LogP contribution in [0.5, 0.6) is 0 Å². The monoisotopic (exact) mass is 491 g/mol. The molecule has 0 amide bonds. The average molecular weight is 492 g/mol. The number of unbranched alkanes of at least 4 members (excludes halogenated alkanes) is 15. The van der Waals surface area contributed by atoms with Crippen molar-refractivity contribution < 1.29 is 17.1 Å². The summed E-state index contributed by atoms with van der Waals surface area (Å²) in [5.74, 6) is 2.85. The van der Waals surface area contributed by atoms with Crippen molar-refractivity contribution in [3.05, 3.63) is 0 Å². The van der Waals surface area contributed by atoms with Gasteiger partial charge in [0.1, 0.15) is 0 Å². The molecule has 0 fully saturated rings. The standard InChI is InChI=1S/3C8H18S.Fe/c3*1-2-3-4-5-6-7-8-9;/h3*9H,2-8H2,1H3;/q;;;+3/p-3. The Morgan fingerprint density at radius 3 is 0.679 bits per heavy atom. The molecule has 0 saturated carbocycles. The van der Waals surface area contributed by atoms with Gasteiger partial charge in [-0.2, -0.15) is 17.3 Å². The quantitative estimate of drug-likeness (QED) is 0.107. The van der Waals surface area contributed by atoms with Crippen molar-refractivity contribution in [2.24, 2.45) is 0 Å². The molecule has 0 aromatic carbocycles. The van der Waals surface area contributed by atoms with Crippen molar-refractivity contribution in [3.8, 4) is 0 Å². The number of hydrogen-bond donors (Lipinski definition) is 0. The molecule has 0 heterocycles. The summed E-state index contributed by atoms with van der Waals surface area (Å²) >= 11 is 14.5. The molecular weight excluding hydrogens is 440 g/mol. The average Bonchev–Trinajstić information content (AvgIpc) is 2.69. The van der Waals surface area contributed by atoms with Crippen LogP contribution in [-0.2, 0) is 55.0 Å². The van der Waals surface area contributed by atoms with Gasteiger partial charge in [0.15, 0.2) is 0 Å². The summed E-state index contributed by atoms with van der Waals surface area (Å²) in [4.78, 5) is 0. The van der Waals surface area contributed by atoms with Gasteiger partial charge in [0, 0.05) is 0 Å². The fourth-order valence-electron chi connectivity index (χ4n) is 2.65. The molecule has 0 unspecified atom stereocenters. The SMILES string of the molecule is CCCCCCCC[S-].CCCCCCCC[S-].CCCCCCCC[S-].[Fe+3]. The summed E-state index contributed by atoms with van der Waals surface area (Å²) in [5, 5.41) is 0. The summed E-state index contributed by atoms with van der Waals surface area (Å²) in [7, 11) is 0. The van der Waals surface area contributed by atoms with E-state index in [9.17, 15) is 0 Å². The van der Waals surface area contributed by atoms with Crippen LogP contribution in [-0.4, -0.2) is 17.3 Å². The molecule has 173 valence electrons. The molecule has 0 aliphatic rings. The van der Waals surface area contributed by atoms with E-state index in [4.69, 9.17) is 37.9 Å². The Labute approximate surface area is 207 Å². The fraction of sp³-hybridized carbons (Fsp3) is 1.00. The molecule has 0 aromatic heterocycles. The summed E-state index contributed by atoms with van der Waals surface area (Å²) in [6, 6.07) is 0. The Balaban J connectivity index is -0.000000152. The Morgan fingerprint density at radius 2 is 0.500 bits per heavy atom. The van der Waals surface area contributed by atoms with Gasteiger partial charge < -0.3 is 37.9 Å². The Hall–Kier alpha value is 1.57. The summed E-state index contributed by atoms with van der Waals surface area (Å²) < 4.78 is 0. The van der Waals surface area contributed by atoms with E-state index in [1.165, 1.54) is 116 Å². The maximum Gasteiger partial charge on any atom is 3.00 e. The van der Waals surface area contributed by atoms with Crippen LogP contribution < -0.4 is 0 Å². The second-order valence-electron chi connectivity index (χ2n) is 7.42. The van der Waals surface area contributed by atoms with Crippen LogP contribution in [0.3, 0.4) is 0 Å². The van der Waals surface area contributed by atoms with Crippen molar-refractivity contribution in [3.63, 3.8) is 0 Å². The van der Waals surface area contributed by atoms with Gasteiger partial charge >= 0.3 is 17.1 Å². The molecule has 0 bridgehead atoms. The summed E-state index contributed by atoms with van der Waals surface area (Å²) in [6.45, 7) is 6.73. The summed E-state index contributed by atoms with van der Waals surface area (Å²) in [5.41, 5.74) is 0. The van der Waals surface area contributed by atoms with Gasteiger partial charge in [-0.05, 0) is 0 Å². The fourth-order valence-corrected chi connectivity index (χ4v) is 3.26. The van der Waals surface area contributed by atoms with Crippen LogP contribution in [0.15, 0.2) is 0 Å². The van der Waals surface area contributed by atoms with E-state index in [2.05, 4.69) is 20.8 Å². The van der Waals surface area contributed by atoms with E-state index in [0.717, 1.165) is 17.3 Å². The smallest absolute Gasteiger partial charge is 0.793 e. The van der Waals surface area contributed by atoms with E-state index >= 15 is 0 Å². The van der Waals surface area contributed by atoms with Gasteiger partial charge in [0.05, 0.1) is 0 Å². The molecule has 1 radical (unpaired) electrons. The molecule has 4 heteroatoms. The largest absolute Gasteiger partial charge is 3.00 e. The molecule has 0 aliphatic carbocycles. The Kier molecular flexibility index (Phi) is 56.2. The molecule has 0 aromatic rings. The second kappa shape index (κ2) is 42.6. The van der Waals surface area contributed by atoms with Crippen molar-refractivity contribution in [2.45, 2.75) is 136 Å². The zero-order valence-electron chi connectivity index (χ0n) is 19.4. The molecule has 0 N–H and O–H groups in total. The molecule has 0 spiro atoms. The van der Waals surface area contributed by atoms with Gasteiger partial charge in [-0.25, -0.2) is 0 Å². The predicted molar refractivity (Wildman–Crippen MR) is 137 cm³/mol. The van der Waals surface area contributed by atoms with Crippen LogP contribution in [0.2, 0.25) is 0 Å². The van der Waals surface area contributed by atoms with Gasteiger partial charge in [-0.15, -0.1) is 0 Å². The minimum Gasteiger partial charge on any atom is -0.793 e. The van der Waals surface area contributed by atoms with Crippen LogP contribution in [0.4, 0.5) is 0 Å². The first-order valence-corrected chi connectivity index (χ1v) is 13.7. The van der Waals surface area contributed by atoms with Crippen LogP contribution in [0, 0.1) is 0 Å². The first kappa shape index (κ1) is 36.9. The minimum absolute atomic E-state index is 0. The molecule has 28 heavy (non-hydrogen) atoms. The molecule has 0 rings (SSSR count). The maximum absolute atomic E-state index is 4.83. The third-order valence-electron chi connectivity index (χ3n) is 4.49. The van der Waals surface area contributed by atoms with Crippen molar-refractivity contribution in [1.29, 1.82) is 0 Å². The Bertz CT molecular complexity index is 153. The second-order valence-corrected chi connectivity index (χ2v) is 8.64. The molecule has 0 atom stereocenters. The third kappa shape index (κ3) is 50.8. The van der Waals surface area contributed by atoms with Gasteiger partial charge in [-0.3, -0.25) is 0 Å². The van der Waals surface area contributed by atoms with Crippen LogP contribution in [0.1, 0.15) is 136 Å². The number of rotatable bonds is 18. The third-order valence-corrected chi connectivity index (χ3v) is 5.36. The van der Waals surface area contributed by atoms with Crippen LogP contribution >= 0.6 is 0 Å². The molecule has 0 nitrogen and oxygen atoms in total. The van der Waals surface area contributed by atoms with E-state index in [1.54, 1.807) is 0 Å². The Morgan fingerprint density at radius 1 is 0.321 bits per heavy atom. The van der Waals surface area contributed by atoms with Gasteiger partial charge in [-0.1, -0.05) is 136 Å². The first-order chi connectivity index (χ1) is 13.2. The molecule has 0 aliphatic heterocycles. The normalized spacial score (nSPS) is 9.64. The van der Waals surface area contributed by atoms with Gasteiger partial charge in [0.2, 0.25) is 0 Å². The van der Waals surface area contributed by atoms with E-state index in [0.29, 0.717) is 0 Å². The van der Waals surface area contributed by atoms with Crippen LogP contribution in [0.25, 0.3) is 0 Å². The predicted octanol–water partition coefficient (Wildman–Crippen LogP) is 8.68. The van der Waals surface area contributed by atoms with E-state index in [-0.39, 0.29) is 17.1 Å². The summed E-state index contributed by atoms with van der Waals surface area (Å²) in [6.07, 6.45) is 24.4. The van der Waals surface area contributed by atoms with Crippen molar-refractivity contribution in [1.82, 2.24) is 0 Å². The molecule has 0 saturated heterocycles. The number of hydrogen-bond acceptors (Lipinski definition) is 3. The van der Waals surface area contributed by atoms with Crippen molar-refractivity contribution in [2.75, 3.05) is 17.3 Å². The zero-order chi connectivity index (χ0) is 20.8. The molecular formula is C24H51FeS3. The van der Waals surface area contributed by atoms with E-state index < -0.39 is 0 Å². The van der Waals surface area contributed by atoms with E-state index in [1.807, 2.05) is 0 Å². The topological polar surface area (TPSA) is 0 Å². The minimum atomic E-state index is 0. The maximum atomic E-state index is 4.83.